The molecule has 0 radical (unpaired) electrons. The Bertz CT molecular complexity index is 968. The number of nitrogens with zero attached hydrogens (tertiary/aromatic N) is 3. The number of aromatic nitrogens is 2. The van der Waals surface area contributed by atoms with Gasteiger partial charge in [0.1, 0.15) is 0 Å². The van der Waals surface area contributed by atoms with Crippen molar-refractivity contribution in [3.8, 4) is 5.69 Å². The molecule has 3 rings (SSSR count). The molecule has 3 aromatic rings. The summed E-state index contributed by atoms with van der Waals surface area (Å²) in [7, 11) is 0. The fourth-order valence-corrected chi connectivity index (χ4v) is 2.56. The van der Waals surface area contributed by atoms with E-state index in [0.717, 1.165) is 0 Å². The molecule has 0 saturated heterocycles. The lowest BCUT2D eigenvalue weighted by Gasteiger charge is -2.19. The molecule has 0 unspecified atom stereocenters. The van der Waals surface area contributed by atoms with Gasteiger partial charge >= 0.3 is 0 Å². The highest BCUT2D eigenvalue weighted by molar-refractivity contribution is 6.02. The highest BCUT2D eigenvalue weighted by atomic mass is 16.6. The number of anilines is 1. The second-order valence-electron chi connectivity index (χ2n) is 7.20. The van der Waals surface area contributed by atoms with Crippen molar-refractivity contribution in [2.45, 2.75) is 26.2 Å². The van der Waals surface area contributed by atoms with Crippen LogP contribution in [0.1, 0.15) is 36.8 Å². The molecule has 0 fully saturated rings. The average molecular weight is 364 g/mol. The summed E-state index contributed by atoms with van der Waals surface area (Å²) in [6, 6.07) is 15.3. The molecule has 0 bridgehead atoms. The Balaban J connectivity index is 1.72. The Labute approximate surface area is 156 Å². The predicted molar refractivity (Wildman–Crippen MR) is 103 cm³/mol. The van der Waals surface area contributed by atoms with Crippen LogP contribution in [0.3, 0.4) is 0 Å². The van der Waals surface area contributed by atoms with Crippen molar-refractivity contribution in [2.75, 3.05) is 5.32 Å². The minimum absolute atomic E-state index is 0.00239. The van der Waals surface area contributed by atoms with Gasteiger partial charge in [-0.2, -0.15) is 5.10 Å². The van der Waals surface area contributed by atoms with Crippen molar-refractivity contribution < 1.29 is 9.72 Å². The van der Waals surface area contributed by atoms with Gasteiger partial charge in [0.2, 0.25) is 0 Å². The summed E-state index contributed by atoms with van der Waals surface area (Å²) in [5.74, 6) is -0.320. The third-order valence-corrected chi connectivity index (χ3v) is 4.16. The standard InChI is InChI=1S/C20H20N4O3/c1-20(2,3)14-4-6-15(7-5-14)21-19(25)18-12-13-23(22-18)16-8-10-17(11-9-16)24(26)27/h4-13H,1-3H3,(H,21,25). The highest BCUT2D eigenvalue weighted by Crippen LogP contribution is 2.23. The fraction of sp³-hybridized carbons (Fsp3) is 0.200. The molecule has 0 aliphatic carbocycles. The van der Waals surface area contributed by atoms with E-state index in [0.29, 0.717) is 11.4 Å². The number of amides is 1. The number of nitro groups is 1. The maximum atomic E-state index is 12.4. The Morgan fingerprint density at radius 1 is 1.04 bits per heavy atom. The molecule has 1 N–H and O–H groups in total. The maximum absolute atomic E-state index is 12.4. The third-order valence-electron chi connectivity index (χ3n) is 4.16. The van der Waals surface area contributed by atoms with Gasteiger partial charge < -0.3 is 5.32 Å². The molecule has 7 nitrogen and oxygen atoms in total. The van der Waals surface area contributed by atoms with Crippen molar-refractivity contribution in [1.82, 2.24) is 9.78 Å². The van der Waals surface area contributed by atoms with Gasteiger partial charge in [0.25, 0.3) is 11.6 Å². The largest absolute Gasteiger partial charge is 0.321 e. The van der Waals surface area contributed by atoms with E-state index in [9.17, 15) is 14.9 Å². The molecule has 0 atom stereocenters. The van der Waals surface area contributed by atoms with Gasteiger partial charge in [0.05, 0.1) is 10.6 Å². The monoisotopic (exact) mass is 364 g/mol. The van der Waals surface area contributed by atoms with E-state index in [1.807, 2.05) is 24.3 Å². The van der Waals surface area contributed by atoms with E-state index in [1.165, 1.54) is 22.4 Å². The van der Waals surface area contributed by atoms with Crippen molar-refractivity contribution >= 4 is 17.3 Å². The quantitative estimate of drug-likeness (QED) is 0.551. The lowest BCUT2D eigenvalue weighted by Crippen LogP contribution is -2.14. The molecule has 138 valence electrons. The van der Waals surface area contributed by atoms with Crippen LogP contribution in [-0.2, 0) is 5.41 Å². The number of nitrogens with one attached hydrogen (secondary N) is 1. The van der Waals surface area contributed by atoms with E-state index in [4.69, 9.17) is 0 Å². The predicted octanol–water partition coefficient (Wildman–Crippen LogP) is 4.33. The first-order valence-corrected chi connectivity index (χ1v) is 8.46. The second kappa shape index (κ2) is 7.03. The van der Waals surface area contributed by atoms with Crippen LogP contribution in [0.5, 0.6) is 0 Å². The molecule has 1 amide bonds. The summed E-state index contributed by atoms with van der Waals surface area (Å²) in [5, 5.41) is 17.8. The van der Waals surface area contributed by atoms with Crippen LogP contribution in [0.4, 0.5) is 11.4 Å². The van der Waals surface area contributed by atoms with Crippen molar-refractivity contribution in [2.24, 2.45) is 0 Å². The maximum Gasteiger partial charge on any atom is 0.276 e. The van der Waals surface area contributed by atoms with Gasteiger partial charge in [-0.3, -0.25) is 14.9 Å². The van der Waals surface area contributed by atoms with Crippen LogP contribution in [0.15, 0.2) is 60.8 Å². The van der Waals surface area contributed by atoms with Gasteiger partial charge in [-0.05, 0) is 41.3 Å². The average Bonchev–Trinajstić information content (AvgIpc) is 3.12. The molecule has 0 saturated carbocycles. The van der Waals surface area contributed by atoms with Crippen molar-refractivity contribution in [1.29, 1.82) is 0 Å². The smallest absolute Gasteiger partial charge is 0.276 e. The van der Waals surface area contributed by atoms with Crippen molar-refractivity contribution in [3.05, 3.63) is 82.2 Å². The van der Waals surface area contributed by atoms with Gasteiger partial charge in [0.15, 0.2) is 5.69 Å². The Kier molecular flexibility index (Phi) is 4.77. The number of hydrogen-bond donors (Lipinski definition) is 1. The summed E-state index contributed by atoms with van der Waals surface area (Å²) < 4.78 is 1.50. The van der Waals surface area contributed by atoms with Gasteiger partial charge in [-0.25, -0.2) is 4.68 Å². The molecule has 0 aliphatic rings. The topological polar surface area (TPSA) is 90.1 Å². The normalized spacial score (nSPS) is 11.2. The van der Waals surface area contributed by atoms with E-state index in [1.54, 1.807) is 24.4 Å². The van der Waals surface area contributed by atoms with E-state index < -0.39 is 4.92 Å². The lowest BCUT2D eigenvalue weighted by atomic mass is 9.87. The zero-order chi connectivity index (χ0) is 19.6. The summed E-state index contributed by atoms with van der Waals surface area (Å²) in [4.78, 5) is 22.7. The minimum atomic E-state index is -0.462. The van der Waals surface area contributed by atoms with Crippen LogP contribution < -0.4 is 5.32 Å². The molecule has 2 aromatic carbocycles. The highest BCUT2D eigenvalue weighted by Gasteiger charge is 2.15. The van der Waals surface area contributed by atoms with E-state index in [-0.39, 0.29) is 22.7 Å². The number of benzene rings is 2. The Morgan fingerprint density at radius 3 is 2.22 bits per heavy atom. The minimum Gasteiger partial charge on any atom is -0.321 e. The number of carbonyl (C=O) groups excluding carboxylic acids is 1. The summed E-state index contributed by atoms with van der Waals surface area (Å²) in [6.07, 6.45) is 1.64. The van der Waals surface area contributed by atoms with Gasteiger partial charge in [-0.1, -0.05) is 32.9 Å². The summed E-state index contributed by atoms with van der Waals surface area (Å²) in [6.45, 7) is 6.39. The van der Waals surface area contributed by atoms with Crippen LogP contribution >= 0.6 is 0 Å². The Morgan fingerprint density at radius 2 is 1.67 bits per heavy atom. The van der Waals surface area contributed by atoms with Crippen LogP contribution in [0.25, 0.3) is 5.69 Å². The van der Waals surface area contributed by atoms with Crippen LogP contribution in [0.2, 0.25) is 0 Å². The molecule has 27 heavy (non-hydrogen) atoms. The molecule has 1 aromatic heterocycles. The SMILES string of the molecule is CC(C)(C)c1ccc(NC(=O)c2ccn(-c3ccc([N+](=O)[O-])cc3)n2)cc1. The summed E-state index contributed by atoms with van der Waals surface area (Å²) >= 11 is 0. The van der Waals surface area contributed by atoms with E-state index in [2.05, 4.69) is 31.2 Å². The van der Waals surface area contributed by atoms with Crippen molar-refractivity contribution in [3.63, 3.8) is 0 Å². The number of hydrogen-bond acceptors (Lipinski definition) is 4. The lowest BCUT2D eigenvalue weighted by molar-refractivity contribution is -0.384. The van der Waals surface area contributed by atoms with Crippen LogP contribution in [-0.4, -0.2) is 20.6 Å². The first-order chi connectivity index (χ1) is 12.7. The zero-order valence-corrected chi connectivity index (χ0v) is 15.3. The molecule has 7 heteroatoms. The molecule has 0 spiro atoms. The molecule has 1 heterocycles. The fourth-order valence-electron chi connectivity index (χ4n) is 2.56. The second-order valence-corrected chi connectivity index (χ2v) is 7.20. The zero-order valence-electron chi connectivity index (χ0n) is 15.3. The van der Waals surface area contributed by atoms with Gasteiger partial charge in [0, 0.05) is 24.0 Å². The molecular formula is C20H20N4O3. The Hall–Kier alpha value is -3.48. The first-order valence-electron chi connectivity index (χ1n) is 8.46. The third kappa shape index (κ3) is 4.20. The van der Waals surface area contributed by atoms with E-state index >= 15 is 0 Å². The number of rotatable bonds is 4. The first kappa shape index (κ1) is 18.3. The molecular weight excluding hydrogens is 344 g/mol. The van der Waals surface area contributed by atoms with Crippen LogP contribution in [0, 0.1) is 10.1 Å². The molecule has 0 aliphatic heterocycles. The number of nitro benzene ring substituents is 1. The number of non-ortho nitro benzene ring substituents is 1. The number of carbonyl (C=O) groups is 1. The van der Waals surface area contributed by atoms with Gasteiger partial charge in [-0.15, -0.1) is 0 Å². The summed E-state index contributed by atoms with van der Waals surface area (Å²) in [5.41, 5.74) is 2.82.